The predicted octanol–water partition coefficient (Wildman–Crippen LogP) is 4.86. The zero-order valence-corrected chi connectivity index (χ0v) is 20.9. The first-order chi connectivity index (χ1) is 17.0. The number of benzene rings is 1. The Kier molecular flexibility index (Phi) is 8.99. The van der Waals surface area contributed by atoms with Gasteiger partial charge in [0.2, 0.25) is 0 Å². The molecule has 2 aliphatic heterocycles. The number of aliphatic carboxylic acids is 1. The van der Waals surface area contributed by atoms with Crippen molar-refractivity contribution in [2.45, 2.75) is 76.5 Å². The lowest BCUT2D eigenvalue weighted by atomic mass is 10.0. The van der Waals surface area contributed by atoms with Crippen LogP contribution in [0.25, 0.3) is 0 Å². The SMILES string of the molecule is C=C/C(CCCCO[C@@H]1CCN(C(C(=O)O)c2ccccc2OC2CC2)C1)=N\C1=C(C)CCCN1. The first-order valence-electron chi connectivity index (χ1n) is 13.0. The van der Waals surface area contributed by atoms with Gasteiger partial charge in [-0.15, -0.1) is 0 Å². The number of unbranched alkanes of at least 4 members (excludes halogenated alkanes) is 1. The van der Waals surface area contributed by atoms with Crippen molar-refractivity contribution in [1.82, 2.24) is 10.2 Å². The van der Waals surface area contributed by atoms with E-state index >= 15 is 0 Å². The first kappa shape index (κ1) is 25.5. The van der Waals surface area contributed by atoms with E-state index in [2.05, 4.69) is 18.8 Å². The van der Waals surface area contributed by atoms with Crippen LogP contribution in [0.2, 0.25) is 0 Å². The number of carbonyl (C=O) groups is 1. The van der Waals surface area contributed by atoms with E-state index < -0.39 is 12.0 Å². The highest BCUT2D eigenvalue weighted by atomic mass is 16.5. The molecule has 7 heteroatoms. The van der Waals surface area contributed by atoms with Gasteiger partial charge in [0, 0.05) is 37.5 Å². The van der Waals surface area contributed by atoms with Crippen LogP contribution in [-0.4, -0.2) is 60.1 Å². The Morgan fingerprint density at radius 1 is 1.29 bits per heavy atom. The molecular weight excluding hydrogens is 442 g/mol. The minimum atomic E-state index is -0.841. The van der Waals surface area contributed by atoms with Gasteiger partial charge in [-0.2, -0.15) is 0 Å². The minimum Gasteiger partial charge on any atom is -0.490 e. The molecule has 0 aromatic heterocycles. The number of nitrogens with one attached hydrogen (secondary N) is 1. The number of carboxylic acid groups (broad SMARTS) is 1. The summed E-state index contributed by atoms with van der Waals surface area (Å²) in [6.45, 7) is 9.04. The van der Waals surface area contributed by atoms with Gasteiger partial charge in [-0.1, -0.05) is 24.8 Å². The maximum Gasteiger partial charge on any atom is 0.325 e. The van der Waals surface area contributed by atoms with Gasteiger partial charge >= 0.3 is 5.97 Å². The van der Waals surface area contributed by atoms with Gasteiger partial charge < -0.3 is 19.9 Å². The summed E-state index contributed by atoms with van der Waals surface area (Å²) in [5.41, 5.74) is 3.06. The molecule has 0 amide bonds. The molecule has 7 nitrogen and oxygen atoms in total. The fourth-order valence-corrected chi connectivity index (χ4v) is 4.76. The van der Waals surface area contributed by atoms with Gasteiger partial charge in [-0.25, -0.2) is 4.99 Å². The zero-order chi connectivity index (χ0) is 24.6. The monoisotopic (exact) mass is 481 g/mol. The number of likely N-dealkylation sites (tertiary alicyclic amines) is 1. The number of allylic oxidation sites excluding steroid dienone is 2. The summed E-state index contributed by atoms with van der Waals surface area (Å²) < 4.78 is 12.1. The number of hydrogen-bond acceptors (Lipinski definition) is 6. The molecule has 3 aliphatic rings. The molecule has 2 atom stereocenters. The average molecular weight is 482 g/mol. The summed E-state index contributed by atoms with van der Waals surface area (Å²) >= 11 is 0. The van der Waals surface area contributed by atoms with Crippen molar-refractivity contribution in [3.05, 3.63) is 53.9 Å². The van der Waals surface area contributed by atoms with Crippen molar-refractivity contribution < 1.29 is 19.4 Å². The molecule has 2 heterocycles. The Morgan fingerprint density at radius 2 is 2.11 bits per heavy atom. The van der Waals surface area contributed by atoms with Crippen molar-refractivity contribution in [1.29, 1.82) is 0 Å². The largest absolute Gasteiger partial charge is 0.490 e. The zero-order valence-electron chi connectivity index (χ0n) is 20.9. The van der Waals surface area contributed by atoms with Gasteiger partial charge in [0.25, 0.3) is 0 Å². The minimum absolute atomic E-state index is 0.0557. The third kappa shape index (κ3) is 7.18. The number of hydrogen-bond donors (Lipinski definition) is 2. The van der Waals surface area contributed by atoms with E-state index in [0.717, 1.165) is 75.0 Å². The second kappa shape index (κ2) is 12.4. The maximum absolute atomic E-state index is 12.2. The maximum atomic E-state index is 12.2. The molecular formula is C28H39N3O4. The molecule has 2 N–H and O–H groups in total. The third-order valence-corrected chi connectivity index (χ3v) is 6.90. The Bertz CT molecular complexity index is 953. The van der Waals surface area contributed by atoms with Crippen LogP contribution in [0.1, 0.15) is 69.9 Å². The highest BCUT2D eigenvalue weighted by Gasteiger charge is 2.36. The Morgan fingerprint density at radius 3 is 2.86 bits per heavy atom. The predicted molar refractivity (Wildman–Crippen MR) is 138 cm³/mol. The van der Waals surface area contributed by atoms with Crippen molar-refractivity contribution in [2.24, 2.45) is 4.99 Å². The lowest BCUT2D eigenvalue weighted by Gasteiger charge is -2.26. The smallest absolute Gasteiger partial charge is 0.325 e. The van der Waals surface area contributed by atoms with E-state index in [1.165, 1.54) is 5.57 Å². The second-order valence-electron chi connectivity index (χ2n) is 9.80. The van der Waals surface area contributed by atoms with E-state index in [1.54, 1.807) is 0 Å². The first-order valence-corrected chi connectivity index (χ1v) is 13.0. The molecule has 0 bridgehead atoms. The summed E-state index contributed by atoms with van der Waals surface area (Å²) in [7, 11) is 0. The lowest BCUT2D eigenvalue weighted by molar-refractivity contribution is -0.143. The fraction of sp³-hybridized carbons (Fsp3) is 0.571. The normalized spacial score (nSPS) is 22.1. The molecule has 0 radical (unpaired) electrons. The van der Waals surface area contributed by atoms with Gasteiger partial charge in [0.1, 0.15) is 17.6 Å². The molecule has 1 aromatic rings. The fourth-order valence-electron chi connectivity index (χ4n) is 4.76. The number of carboxylic acids is 1. The quantitative estimate of drug-likeness (QED) is 0.309. The summed E-state index contributed by atoms with van der Waals surface area (Å²) in [6.07, 6.45) is 10.1. The number of ether oxygens (including phenoxy) is 2. The van der Waals surface area contributed by atoms with Crippen LogP contribution >= 0.6 is 0 Å². The van der Waals surface area contributed by atoms with Gasteiger partial charge in [-0.3, -0.25) is 9.69 Å². The molecule has 2 fully saturated rings. The summed E-state index contributed by atoms with van der Waals surface area (Å²) in [4.78, 5) is 19.0. The molecule has 1 unspecified atom stereocenters. The van der Waals surface area contributed by atoms with E-state index in [0.29, 0.717) is 25.4 Å². The highest BCUT2D eigenvalue weighted by molar-refractivity contribution is 5.95. The molecule has 1 saturated carbocycles. The summed E-state index contributed by atoms with van der Waals surface area (Å²) in [5.74, 6) is 0.859. The van der Waals surface area contributed by atoms with Gasteiger partial charge in [0.05, 0.1) is 12.2 Å². The van der Waals surface area contributed by atoms with E-state index in [-0.39, 0.29) is 12.2 Å². The van der Waals surface area contributed by atoms with E-state index in [9.17, 15) is 9.90 Å². The summed E-state index contributed by atoms with van der Waals surface area (Å²) in [6, 6.07) is 6.84. The van der Waals surface area contributed by atoms with Crippen LogP contribution in [0.4, 0.5) is 0 Å². The van der Waals surface area contributed by atoms with Crippen LogP contribution in [-0.2, 0) is 9.53 Å². The average Bonchev–Trinajstić information content (AvgIpc) is 3.55. The third-order valence-electron chi connectivity index (χ3n) is 6.90. The number of aliphatic imine (C=N–C) groups is 1. The highest BCUT2D eigenvalue weighted by Crippen LogP contribution is 2.36. The van der Waals surface area contributed by atoms with Crippen molar-refractivity contribution in [2.75, 3.05) is 26.2 Å². The van der Waals surface area contributed by atoms with Crippen molar-refractivity contribution in [3.63, 3.8) is 0 Å². The molecule has 190 valence electrons. The van der Waals surface area contributed by atoms with Crippen molar-refractivity contribution in [3.8, 4) is 5.75 Å². The van der Waals surface area contributed by atoms with Crippen LogP contribution in [0.3, 0.4) is 0 Å². The van der Waals surface area contributed by atoms with Crippen molar-refractivity contribution >= 4 is 11.7 Å². The Labute approximate surface area is 208 Å². The topological polar surface area (TPSA) is 83.4 Å². The Hall–Kier alpha value is -2.64. The van der Waals surface area contributed by atoms with E-state index in [1.807, 2.05) is 35.2 Å². The van der Waals surface area contributed by atoms with Crippen LogP contribution in [0, 0.1) is 0 Å². The number of rotatable bonds is 13. The summed E-state index contributed by atoms with van der Waals surface area (Å²) in [5, 5.41) is 13.4. The Balaban J connectivity index is 1.24. The molecule has 1 saturated heterocycles. The number of nitrogens with zero attached hydrogens (tertiary/aromatic N) is 2. The lowest BCUT2D eigenvalue weighted by Crippen LogP contribution is -2.33. The standard InChI is InChI=1S/C28H39N3O4/c1-3-21(30-27-20(2)9-8-16-29-27)10-6-7-18-34-23-15-17-31(19-23)26(28(32)33)24-11-4-5-12-25(24)35-22-13-14-22/h3-5,11-12,22-23,26,29H,1,6-10,13-19H2,2H3,(H,32,33)/b30-21+/t23-,26?/m1/s1. The molecule has 1 aliphatic carbocycles. The number of para-hydroxylation sites is 1. The molecule has 0 spiro atoms. The van der Waals surface area contributed by atoms with Crippen LogP contribution in [0.5, 0.6) is 5.75 Å². The van der Waals surface area contributed by atoms with E-state index in [4.69, 9.17) is 14.5 Å². The molecule has 35 heavy (non-hydrogen) atoms. The van der Waals surface area contributed by atoms with Crippen LogP contribution < -0.4 is 10.1 Å². The molecule has 4 rings (SSSR count). The van der Waals surface area contributed by atoms with Crippen LogP contribution in [0.15, 0.2) is 53.3 Å². The van der Waals surface area contributed by atoms with Gasteiger partial charge in [0.15, 0.2) is 0 Å². The second-order valence-corrected chi connectivity index (χ2v) is 9.80. The van der Waals surface area contributed by atoms with Gasteiger partial charge in [-0.05, 0) is 76.0 Å². The molecule has 1 aromatic carbocycles.